The maximum absolute atomic E-state index is 11.4. The smallest absolute Gasteiger partial charge is 0.303 e. The first-order valence-electron chi connectivity index (χ1n) is 12.7. The minimum atomic E-state index is -0.503. The van der Waals surface area contributed by atoms with Gasteiger partial charge in [0.1, 0.15) is 25.1 Å². The SMILES string of the molecule is CC(=O)OC(CCI)COc1c(Cl)cc(C(C)(C)c2ccc(OCC(COC(C)C)OC(C)=O)cc2)cc1Cl. The van der Waals surface area contributed by atoms with Crippen molar-refractivity contribution in [3.8, 4) is 11.5 Å². The van der Waals surface area contributed by atoms with Crippen molar-refractivity contribution in [2.75, 3.05) is 24.2 Å². The third-order valence-electron chi connectivity index (χ3n) is 5.86. The Labute approximate surface area is 254 Å². The topological polar surface area (TPSA) is 80.3 Å². The summed E-state index contributed by atoms with van der Waals surface area (Å²) >= 11 is 15.4. The van der Waals surface area contributed by atoms with Gasteiger partial charge in [-0.15, -0.1) is 0 Å². The molecule has 10 heteroatoms. The first-order chi connectivity index (χ1) is 18.3. The van der Waals surface area contributed by atoms with Crippen molar-refractivity contribution in [1.29, 1.82) is 0 Å². The van der Waals surface area contributed by atoms with Crippen molar-refractivity contribution < 1.29 is 33.3 Å². The Morgan fingerprint density at radius 2 is 1.38 bits per heavy atom. The van der Waals surface area contributed by atoms with Crippen LogP contribution in [0.25, 0.3) is 0 Å². The van der Waals surface area contributed by atoms with Crippen LogP contribution in [0.15, 0.2) is 36.4 Å². The summed E-state index contributed by atoms with van der Waals surface area (Å²) in [6.45, 7) is 11.3. The lowest BCUT2D eigenvalue weighted by Crippen LogP contribution is -2.30. The predicted octanol–water partition coefficient (Wildman–Crippen LogP) is 7.19. The molecule has 0 amide bonds. The van der Waals surface area contributed by atoms with Crippen LogP contribution in [0, 0.1) is 0 Å². The van der Waals surface area contributed by atoms with Crippen LogP contribution in [0.5, 0.6) is 11.5 Å². The third-order valence-corrected chi connectivity index (χ3v) is 7.04. The molecule has 2 unspecified atom stereocenters. The number of benzene rings is 2. The van der Waals surface area contributed by atoms with Gasteiger partial charge in [0.05, 0.1) is 22.8 Å². The van der Waals surface area contributed by atoms with Crippen LogP contribution in [-0.4, -0.2) is 54.5 Å². The molecule has 0 aliphatic carbocycles. The summed E-state index contributed by atoms with van der Waals surface area (Å²) in [6.07, 6.45) is -0.200. The minimum Gasteiger partial charge on any atom is -0.490 e. The first kappa shape index (κ1) is 33.5. The Morgan fingerprint density at radius 1 is 0.846 bits per heavy atom. The third kappa shape index (κ3) is 11.0. The number of rotatable bonds is 15. The summed E-state index contributed by atoms with van der Waals surface area (Å²) in [5.41, 5.74) is 1.49. The van der Waals surface area contributed by atoms with Gasteiger partial charge in [0.25, 0.3) is 0 Å². The molecule has 0 fully saturated rings. The molecule has 0 heterocycles. The van der Waals surface area contributed by atoms with E-state index in [2.05, 4.69) is 36.4 Å². The van der Waals surface area contributed by atoms with Gasteiger partial charge in [-0.3, -0.25) is 9.59 Å². The van der Waals surface area contributed by atoms with Crippen molar-refractivity contribution in [2.24, 2.45) is 0 Å². The van der Waals surface area contributed by atoms with Crippen LogP contribution in [0.3, 0.4) is 0 Å². The standard InChI is InChI=1S/C29H37Cl2IO7/c1-18(2)35-16-25(39-20(4)34)17-36-23-9-7-21(8-10-23)29(5,6)22-13-26(30)28(27(31)14-22)37-15-24(11-12-32)38-19(3)33/h7-10,13-14,18,24-25H,11-12,15-17H2,1-6H3. The molecule has 0 aliphatic rings. The van der Waals surface area contributed by atoms with Gasteiger partial charge >= 0.3 is 11.9 Å². The normalized spacial score (nSPS) is 13.1. The van der Waals surface area contributed by atoms with Crippen LogP contribution < -0.4 is 9.47 Å². The van der Waals surface area contributed by atoms with Gasteiger partial charge in [-0.1, -0.05) is 71.8 Å². The fraction of sp³-hybridized carbons (Fsp3) is 0.517. The summed E-state index contributed by atoms with van der Waals surface area (Å²) in [5.74, 6) is 0.260. The zero-order valence-electron chi connectivity index (χ0n) is 23.2. The van der Waals surface area contributed by atoms with Gasteiger partial charge < -0.3 is 23.7 Å². The van der Waals surface area contributed by atoms with E-state index in [9.17, 15) is 9.59 Å². The van der Waals surface area contributed by atoms with E-state index in [0.29, 0.717) is 28.0 Å². The van der Waals surface area contributed by atoms with Crippen molar-refractivity contribution >= 4 is 57.7 Å². The summed E-state index contributed by atoms with van der Waals surface area (Å²) in [6, 6.07) is 11.4. The Hall–Kier alpha value is -1.75. The molecule has 2 aromatic carbocycles. The van der Waals surface area contributed by atoms with Crippen molar-refractivity contribution in [3.63, 3.8) is 0 Å². The molecule has 0 saturated carbocycles. The van der Waals surface area contributed by atoms with Crippen molar-refractivity contribution in [3.05, 3.63) is 57.6 Å². The number of esters is 2. The molecule has 0 spiro atoms. The molecule has 0 aromatic heterocycles. The summed E-state index contributed by atoms with van der Waals surface area (Å²) in [5, 5.41) is 0.753. The number of carbonyl (C=O) groups is 2. The summed E-state index contributed by atoms with van der Waals surface area (Å²) in [7, 11) is 0. The van der Waals surface area contributed by atoms with Crippen LogP contribution in [0.4, 0.5) is 0 Å². The van der Waals surface area contributed by atoms with Crippen LogP contribution in [0.1, 0.15) is 59.1 Å². The molecule has 216 valence electrons. The maximum Gasteiger partial charge on any atom is 0.303 e. The lowest BCUT2D eigenvalue weighted by atomic mass is 9.78. The van der Waals surface area contributed by atoms with Gasteiger partial charge in [-0.05, 0) is 55.7 Å². The zero-order chi connectivity index (χ0) is 29.2. The molecule has 2 atom stereocenters. The van der Waals surface area contributed by atoms with Gasteiger partial charge in [0.2, 0.25) is 0 Å². The van der Waals surface area contributed by atoms with E-state index in [0.717, 1.165) is 15.6 Å². The second-order valence-corrected chi connectivity index (χ2v) is 11.8. The van der Waals surface area contributed by atoms with E-state index >= 15 is 0 Å². The fourth-order valence-corrected chi connectivity index (χ4v) is 5.03. The Bertz CT molecular complexity index is 1070. The Kier molecular flexibility index (Phi) is 13.6. The lowest BCUT2D eigenvalue weighted by molar-refractivity contribution is -0.152. The average Bonchev–Trinajstić information content (AvgIpc) is 2.84. The highest BCUT2D eigenvalue weighted by Gasteiger charge is 2.26. The molecule has 2 rings (SSSR count). The molecule has 0 aliphatic heterocycles. The van der Waals surface area contributed by atoms with E-state index in [-0.39, 0.29) is 44.0 Å². The highest BCUT2D eigenvalue weighted by Crippen LogP contribution is 2.41. The number of halogens is 3. The zero-order valence-corrected chi connectivity index (χ0v) is 26.9. The second kappa shape index (κ2) is 15.9. The van der Waals surface area contributed by atoms with Crippen LogP contribution >= 0.6 is 45.8 Å². The van der Waals surface area contributed by atoms with Gasteiger partial charge in [-0.2, -0.15) is 0 Å². The second-order valence-electron chi connectivity index (χ2n) is 9.86. The first-order valence-corrected chi connectivity index (χ1v) is 15.0. The highest BCUT2D eigenvalue weighted by molar-refractivity contribution is 14.1. The molecule has 2 aromatic rings. The molecular weight excluding hydrogens is 658 g/mol. The Morgan fingerprint density at radius 3 is 1.90 bits per heavy atom. The number of ether oxygens (including phenoxy) is 5. The molecule has 7 nitrogen and oxygen atoms in total. The van der Waals surface area contributed by atoms with Crippen molar-refractivity contribution in [2.45, 2.75) is 71.7 Å². The van der Waals surface area contributed by atoms with Gasteiger partial charge in [0, 0.05) is 23.7 Å². The Balaban J connectivity index is 2.12. The van der Waals surface area contributed by atoms with Gasteiger partial charge in [-0.25, -0.2) is 0 Å². The van der Waals surface area contributed by atoms with Crippen LogP contribution in [-0.2, 0) is 29.2 Å². The van der Waals surface area contributed by atoms with Crippen molar-refractivity contribution in [1.82, 2.24) is 0 Å². The van der Waals surface area contributed by atoms with E-state index in [4.69, 9.17) is 46.9 Å². The molecule has 0 N–H and O–H groups in total. The van der Waals surface area contributed by atoms with E-state index in [1.54, 1.807) is 0 Å². The molecule has 0 bridgehead atoms. The number of hydrogen-bond acceptors (Lipinski definition) is 7. The molecular formula is C29H37Cl2IO7. The molecule has 39 heavy (non-hydrogen) atoms. The quantitative estimate of drug-likeness (QED) is 0.111. The number of alkyl halides is 1. The lowest BCUT2D eigenvalue weighted by Gasteiger charge is -2.28. The largest absolute Gasteiger partial charge is 0.490 e. The average molecular weight is 695 g/mol. The minimum absolute atomic E-state index is 0.0191. The number of carbonyl (C=O) groups excluding carboxylic acids is 2. The van der Waals surface area contributed by atoms with E-state index < -0.39 is 11.5 Å². The fourth-order valence-electron chi connectivity index (χ4n) is 3.74. The maximum atomic E-state index is 11.4. The van der Waals surface area contributed by atoms with E-state index in [1.165, 1.54) is 13.8 Å². The van der Waals surface area contributed by atoms with Crippen LogP contribution in [0.2, 0.25) is 10.0 Å². The summed E-state index contributed by atoms with van der Waals surface area (Å²) < 4.78 is 28.8. The number of hydrogen-bond donors (Lipinski definition) is 0. The van der Waals surface area contributed by atoms with Gasteiger partial charge in [0.15, 0.2) is 11.9 Å². The summed E-state index contributed by atoms with van der Waals surface area (Å²) in [4.78, 5) is 22.8. The highest BCUT2D eigenvalue weighted by atomic mass is 127. The monoisotopic (exact) mass is 694 g/mol. The molecule has 0 saturated heterocycles. The predicted molar refractivity (Wildman–Crippen MR) is 162 cm³/mol. The van der Waals surface area contributed by atoms with E-state index in [1.807, 2.05) is 50.2 Å². The molecule has 0 radical (unpaired) electrons.